The highest BCUT2D eigenvalue weighted by Gasteiger charge is 2.57. The minimum atomic E-state index is -5.28. The Morgan fingerprint density at radius 1 is 0.789 bits per heavy atom. The van der Waals surface area contributed by atoms with E-state index in [1.54, 1.807) is 17.7 Å². The number of carbonyl (C=O) groups excluding carboxylic acids is 4. The molecular formula is C48H53F10N11O7. The predicted molar refractivity (Wildman–Crippen MR) is 251 cm³/mol. The Kier molecular flexibility index (Phi) is 17.7. The van der Waals surface area contributed by atoms with Crippen molar-refractivity contribution in [2.75, 3.05) is 43.8 Å². The van der Waals surface area contributed by atoms with Crippen LogP contribution in [0.3, 0.4) is 0 Å². The van der Waals surface area contributed by atoms with Crippen molar-refractivity contribution >= 4 is 35.6 Å². The molecule has 2 fully saturated rings. The van der Waals surface area contributed by atoms with E-state index in [-0.39, 0.29) is 15.3 Å². The van der Waals surface area contributed by atoms with E-state index in [0.29, 0.717) is 69.0 Å². The number of amides is 4. The van der Waals surface area contributed by atoms with Crippen LogP contribution in [-0.2, 0) is 25.5 Å². The molecule has 6 rings (SSSR count). The van der Waals surface area contributed by atoms with Gasteiger partial charge in [0.2, 0.25) is 11.9 Å². The van der Waals surface area contributed by atoms with Gasteiger partial charge in [0.05, 0.1) is 55.0 Å². The minimum Gasteiger partial charge on any atom is -0.453 e. The van der Waals surface area contributed by atoms with Gasteiger partial charge in [-0.1, -0.05) is 24.0 Å². The topological polar surface area (TPSA) is 217 Å². The lowest BCUT2D eigenvalue weighted by Gasteiger charge is -2.38. The number of alkyl carbamates (subject to hydrolysis) is 2. The van der Waals surface area contributed by atoms with Crippen LogP contribution in [0.4, 0.5) is 65.1 Å². The molecule has 2 aliphatic heterocycles. The molecule has 2 unspecified atom stereocenters. The first-order valence-electron chi connectivity index (χ1n) is 23.2. The van der Waals surface area contributed by atoms with Crippen molar-refractivity contribution in [1.29, 1.82) is 0 Å². The summed E-state index contributed by atoms with van der Waals surface area (Å²) in [5.41, 5.74) is -5.48. The summed E-state index contributed by atoms with van der Waals surface area (Å²) in [5, 5.41) is 25.0. The van der Waals surface area contributed by atoms with Crippen molar-refractivity contribution in [2.24, 2.45) is 10.8 Å². The van der Waals surface area contributed by atoms with Crippen LogP contribution in [0.15, 0.2) is 61.1 Å². The maximum Gasteiger partial charge on any atom is 0.407 e. The molecule has 2 bridgehead atoms. The first kappa shape index (κ1) is 57.9. The standard InChI is InChI=1S/C48H53F10N11O7/c1-45(2,47(53,54)55)37(63-43(73)75-5)39(71)62-34(17-26-10-7-25(8-11-26)9-12-27-20-59-42(60-21-27)67-22-29-13-14-30(23-67)61-29)35(70)24-69(66-40(72)38(64-44(74)76-6)46(3,4)48(56,57)58)36-31(49)18-28(19-32(36)50)33-15-16-68(65-33)41(51)52/h7-8,10-11,15-16,18-21,29-30,34-35,37-38,41,61,70H,13-14,17,22-24H2,1-6H3,(H,62,71)(H,63,73)(H,64,74)(H,66,72)/t29?,30?,34-,35-,37+,38+/m0/s1. The molecule has 2 aromatic carbocycles. The third kappa shape index (κ3) is 13.5. The number of carbonyl (C=O) groups is 4. The van der Waals surface area contributed by atoms with Crippen LogP contribution in [0.2, 0.25) is 0 Å². The number of aromatic nitrogens is 4. The quantitative estimate of drug-likeness (QED) is 0.0413. The summed E-state index contributed by atoms with van der Waals surface area (Å²) in [6.07, 6.45) is -10.3. The molecule has 412 valence electrons. The number of hydrogen-bond acceptors (Lipinski definition) is 13. The number of methoxy groups -OCH3 is 2. The number of ether oxygens (including phenoxy) is 2. The van der Waals surface area contributed by atoms with Crippen molar-refractivity contribution in [3.63, 3.8) is 0 Å². The maximum atomic E-state index is 16.4. The molecule has 4 amide bonds. The molecule has 2 aliphatic rings. The molecule has 28 heteroatoms. The van der Waals surface area contributed by atoms with Gasteiger partial charge in [0.25, 0.3) is 5.91 Å². The molecule has 4 aromatic rings. The monoisotopic (exact) mass is 1090 g/mol. The number of rotatable bonds is 17. The summed E-state index contributed by atoms with van der Waals surface area (Å²) >= 11 is 0. The zero-order valence-electron chi connectivity index (χ0n) is 41.4. The second kappa shape index (κ2) is 23.2. The SMILES string of the molecule is COC(=O)N[C@H](C(=O)N[C@@H](Cc1ccc(C#Cc2cnc(N3CC4CCC(C3)N4)nc2)cc1)[C@@H](O)CN(NC(=O)[C@@H](NC(=O)OC)C(C)(C)C(F)(F)F)c1c(F)cc(-c2ccn(C(F)F)n2)cc1F)C(C)(C)C(F)(F)F. The molecule has 0 aliphatic carbocycles. The number of anilines is 2. The van der Waals surface area contributed by atoms with E-state index in [0.717, 1.165) is 52.4 Å². The summed E-state index contributed by atoms with van der Waals surface area (Å²) in [4.78, 5) is 63.8. The number of halogens is 10. The number of aliphatic hydroxyl groups excluding tert-OH is 1. The number of hydrogen-bond donors (Lipinski definition) is 6. The Bertz CT molecular complexity index is 2750. The summed E-state index contributed by atoms with van der Waals surface area (Å²) < 4.78 is 156. The van der Waals surface area contributed by atoms with Crippen molar-refractivity contribution in [3.8, 4) is 23.1 Å². The molecule has 4 heterocycles. The fraction of sp³-hybridized carbons (Fsp3) is 0.479. The number of hydrazine groups is 1. The van der Waals surface area contributed by atoms with Crippen LogP contribution >= 0.6 is 0 Å². The van der Waals surface area contributed by atoms with Crippen LogP contribution in [0.25, 0.3) is 11.3 Å². The number of nitrogens with zero attached hydrogens (tertiary/aromatic N) is 6. The van der Waals surface area contributed by atoms with Crippen LogP contribution in [0, 0.1) is 34.3 Å². The number of aliphatic hydroxyl groups is 1. The van der Waals surface area contributed by atoms with E-state index in [4.69, 9.17) is 0 Å². The van der Waals surface area contributed by atoms with Gasteiger partial charge in [0.1, 0.15) is 17.8 Å². The Labute approximate surface area is 428 Å². The number of nitrogens with one attached hydrogen (secondary N) is 5. The van der Waals surface area contributed by atoms with E-state index in [9.17, 15) is 59.4 Å². The van der Waals surface area contributed by atoms with Crippen LogP contribution < -0.4 is 36.6 Å². The van der Waals surface area contributed by atoms with Gasteiger partial charge in [-0.05, 0) is 82.9 Å². The zero-order chi connectivity index (χ0) is 56.1. The first-order chi connectivity index (χ1) is 35.5. The Hall–Kier alpha value is -7.41. The number of fused-ring (bicyclic) bond motifs is 2. The van der Waals surface area contributed by atoms with Gasteiger partial charge in [0.15, 0.2) is 11.6 Å². The summed E-state index contributed by atoms with van der Waals surface area (Å²) in [5.74, 6) is -0.294. The Morgan fingerprint density at radius 2 is 1.30 bits per heavy atom. The first-order valence-corrected chi connectivity index (χ1v) is 23.2. The number of benzene rings is 2. The highest BCUT2D eigenvalue weighted by molar-refractivity contribution is 5.88. The molecule has 76 heavy (non-hydrogen) atoms. The molecule has 18 nitrogen and oxygen atoms in total. The fourth-order valence-corrected chi connectivity index (χ4v) is 8.29. The lowest BCUT2D eigenvalue weighted by molar-refractivity contribution is -0.221. The average molecular weight is 1090 g/mol. The van der Waals surface area contributed by atoms with E-state index < -0.39 is 120 Å². The second-order valence-electron chi connectivity index (χ2n) is 19.1. The number of alkyl halides is 8. The van der Waals surface area contributed by atoms with Gasteiger partial charge in [-0.3, -0.25) is 20.0 Å². The van der Waals surface area contributed by atoms with E-state index in [1.165, 1.54) is 24.3 Å². The van der Waals surface area contributed by atoms with Crippen molar-refractivity contribution in [1.82, 2.24) is 46.4 Å². The smallest absolute Gasteiger partial charge is 0.407 e. The van der Waals surface area contributed by atoms with Gasteiger partial charge >= 0.3 is 31.1 Å². The van der Waals surface area contributed by atoms with Gasteiger partial charge in [-0.25, -0.2) is 33.0 Å². The third-order valence-corrected chi connectivity index (χ3v) is 13.0. The molecule has 6 N–H and O–H groups in total. The molecule has 2 saturated heterocycles. The highest BCUT2D eigenvalue weighted by Crippen LogP contribution is 2.42. The normalized spacial score (nSPS) is 17.4. The average Bonchev–Trinajstić information content (AvgIpc) is 3.99. The number of piperazine rings is 1. The molecule has 0 radical (unpaired) electrons. The molecule has 0 spiro atoms. The van der Waals surface area contributed by atoms with Crippen LogP contribution in [0.5, 0.6) is 0 Å². The van der Waals surface area contributed by atoms with E-state index in [2.05, 4.69) is 51.9 Å². The van der Waals surface area contributed by atoms with Crippen molar-refractivity contribution in [2.45, 2.75) is 102 Å². The van der Waals surface area contributed by atoms with Gasteiger partial charge < -0.3 is 40.7 Å². The Morgan fingerprint density at radius 3 is 1.79 bits per heavy atom. The fourth-order valence-electron chi connectivity index (χ4n) is 8.29. The lowest BCUT2D eigenvalue weighted by atomic mass is 9.82. The predicted octanol–water partition coefficient (Wildman–Crippen LogP) is 5.91. The molecular weight excluding hydrogens is 1030 g/mol. The second-order valence-corrected chi connectivity index (χ2v) is 19.1. The van der Waals surface area contributed by atoms with E-state index in [1.807, 2.05) is 10.7 Å². The summed E-state index contributed by atoms with van der Waals surface area (Å²) in [6, 6.07) is 1.58. The largest absolute Gasteiger partial charge is 0.453 e. The maximum absolute atomic E-state index is 16.4. The van der Waals surface area contributed by atoms with Gasteiger partial charge in [-0.15, -0.1) is 0 Å². The highest BCUT2D eigenvalue weighted by atomic mass is 19.4. The van der Waals surface area contributed by atoms with Crippen LogP contribution in [-0.4, -0.2) is 131 Å². The lowest BCUT2D eigenvalue weighted by Crippen LogP contribution is -2.64. The zero-order valence-corrected chi connectivity index (χ0v) is 41.4. The molecule has 0 saturated carbocycles. The van der Waals surface area contributed by atoms with Crippen molar-refractivity contribution < 1.29 is 77.7 Å². The van der Waals surface area contributed by atoms with Crippen LogP contribution in [0.1, 0.15) is 63.8 Å². The third-order valence-electron chi connectivity index (χ3n) is 13.0. The minimum absolute atomic E-state index is 0.154. The molecule has 2 aromatic heterocycles. The summed E-state index contributed by atoms with van der Waals surface area (Å²) in [6.45, 7) is -0.848. The molecule has 6 atom stereocenters. The summed E-state index contributed by atoms with van der Waals surface area (Å²) in [7, 11) is 1.56. The van der Waals surface area contributed by atoms with Crippen molar-refractivity contribution in [3.05, 3.63) is 89.4 Å². The van der Waals surface area contributed by atoms with Gasteiger partial charge in [0, 0.05) is 54.9 Å². The van der Waals surface area contributed by atoms with Gasteiger partial charge in [-0.2, -0.15) is 40.2 Å². The Balaban J connectivity index is 1.37. The van der Waals surface area contributed by atoms with E-state index >= 15 is 8.78 Å².